The second kappa shape index (κ2) is 11.0. The first-order valence-electron chi connectivity index (χ1n) is 12.3. The van der Waals surface area contributed by atoms with Gasteiger partial charge >= 0.3 is 12.3 Å². The Morgan fingerprint density at radius 3 is 2.10 bits per heavy atom. The highest BCUT2D eigenvalue weighted by atomic mass is 19.4. The van der Waals surface area contributed by atoms with E-state index in [-0.39, 0.29) is 10.9 Å². The Morgan fingerprint density at radius 2 is 1.49 bits per heavy atom. The highest BCUT2D eigenvalue weighted by molar-refractivity contribution is 5.86. The monoisotopic (exact) mass is 558 g/mol. The molecule has 0 N–H and O–H groups in total. The predicted molar refractivity (Wildman–Crippen MR) is 127 cm³/mol. The first-order chi connectivity index (χ1) is 18.2. The summed E-state index contributed by atoms with van der Waals surface area (Å²) in [6.07, 6.45) is -4.28. The van der Waals surface area contributed by atoms with Gasteiger partial charge in [0.2, 0.25) is 0 Å². The molecule has 0 radical (unpaired) electrons. The molecule has 0 atom stereocenters. The third-order valence-electron chi connectivity index (χ3n) is 6.94. The first kappa shape index (κ1) is 28.7. The van der Waals surface area contributed by atoms with Crippen molar-refractivity contribution >= 4 is 10.8 Å². The number of hydrogen-bond donors (Lipinski definition) is 0. The molecule has 0 amide bonds. The molecule has 1 fully saturated rings. The Bertz CT molecular complexity index is 1400. The zero-order chi connectivity index (χ0) is 28.5. The lowest BCUT2D eigenvalue weighted by atomic mass is 9.80. The van der Waals surface area contributed by atoms with Gasteiger partial charge in [-0.2, -0.15) is 22.0 Å². The molecule has 0 unspecified atom stereocenters. The maximum atomic E-state index is 14.9. The highest BCUT2D eigenvalue weighted by Gasteiger charge is 2.41. The van der Waals surface area contributed by atoms with Crippen LogP contribution >= 0.6 is 0 Å². The number of rotatable bonds is 6. The Balaban J connectivity index is 1.55. The molecule has 0 bridgehead atoms. The lowest BCUT2D eigenvalue weighted by Gasteiger charge is -2.26. The lowest BCUT2D eigenvalue weighted by Crippen LogP contribution is -2.25. The van der Waals surface area contributed by atoms with E-state index in [2.05, 4.69) is 11.7 Å². The van der Waals surface area contributed by atoms with Gasteiger partial charge in [0.1, 0.15) is 34.6 Å². The van der Waals surface area contributed by atoms with Gasteiger partial charge in [-0.1, -0.05) is 38.5 Å². The summed E-state index contributed by atoms with van der Waals surface area (Å²) in [7, 11) is 0. The van der Waals surface area contributed by atoms with Crippen molar-refractivity contribution in [2.75, 3.05) is 0 Å². The Morgan fingerprint density at radius 1 is 0.846 bits per heavy atom. The zero-order valence-corrected chi connectivity index (χ0v) is 20.7. The van der Waals surface area contributed by atoms with E-state index < -0.39 is 57.8 Å². The summed E-state index contributed by atoms with van der Waals surface area (Å²) < 4.78 is 129. The predicted octanol–water partition coefficient (Wildman–Crippen LogP) is 9.20. The van der Waals surface area contributed by atoms with Gasteiger partial charge in [0, 0.05) is 11.3 Å². The topological polar surface area (TPSA) is 9.23 Å². The summed E-state index contributed by atoms with van der Waals surface area (Å²) in [5.41, 5.74) is -2.53. The molecule has 1 saturated carbocycles. The van der Waals surface area contributed by atoms with Crippen LogP contribution in [0.2, 0.25) is 0 Å². The fraction of sp³-hybridized carbons (Fsp3) is 0.379. The van der Waals surface area contributed by atoms with Gasteiger partial charge in [0.25, 0.3) is 0 Å². The van der Waals surface area contributed by atoms with Gasteiger partial charge in [-0.15, -0.1) is 0 Å². The van der Waals surface area contributed by atoms with Crippen molar-refractivity contribution in [2.45, 2.75) is 57.7 Å². The van der Waals surface area contributed by atoms with Crippen molar-refractivity contribution in [3.05, 3.63) is 76.4 Å². The van der Waals surface area contributed by atoms with Crippen molar-refractivity contribution in [3.63, 3.8) is 0 Å². The van der Waals surface area contributed by atoms with E-state index in [9.17, 15) is 39.5 Å². The van der Waals surface area contributed by atoms with Gasteiger partial charge in [-0.25, -0.2) is 17.6 Å². The van der Waals surface area contributed by atoms with Crippen molar-refractivity contribution in [3.8, 4) is 17.6 Å². The van der Waals surface area contributed by atoms with Crippen LogP contribution in [0.25, 0.3) is 10.8 Å². The zero-order valence-electron chi connectivity index (χ0n) is 20.7. The Labute approximate surface area is 219 Å². The average Bonchev–Trinajstić information content (AvgIpc) is 2.82. The molecule has 0 aliphatic heterocycles. The highest BCUT2D eigenvalue weighted by Crippen LogP contribution is 2.38. The smallest absolute Gasteiger partial charge is 0.429 e. The second-order valence-corrected chi connectivity index (χ2v) is 9.90. The minimum Gasteiger partial charge on any atom is -0.429 e. The standard InChI is InChI=1S/C29H23F9O/c1-16-2-4-17(5-3-16)6-7-18-12-24(31)26(25(32)13-18)29(37,38)39-20-8-9-21-19(14-20)15-23(30)22(27(21)33)10-11-28(34,35)36/h8-9,12-17H,2-7H2,1H3. The van der Waals surface area contributed by atoms with Crippen molar-refractivity contribution in [1.82, 2.24) is 0 Å². The number of benzene rings is 3. The van der Waals surface area contributed by atoms with E-state index in [1.807, 2.05) is 0 Å². The largest absolute Gasteiger partial charge is 0.458 e. The summed E-state index contributed by atoms with van der Waals surface area (Å²) in [5, 5.41) is -0.767. The van der Waals surface area contributed by atoms with Gasteiger partial charge in [-0.05, 0) is 72.0 Å². The van der Waals surface area contributed by atoms with E-state index in [4.69, 9.17) is 0 Å². The molecule has 208 valence electrons. The summed E-state index contributed by atoms with van der Waals surface area (Å²) in [6, 6.07) is 4.72. The number of hydrogen-bond acceptors (Lipinski definition) is 1. The van der Waals surface area contributed by atoms with Crippen molar-refractivity contribution in [1.29, 1.82) is 0 Å². The van der Waals surface area contributed by atoms with Crippen molar-refractivity contribution in [2.24, 2.45) is 11.8 Å². The van der Waals surface area contributed by atoms with Crippen LogP contribution in [0.3, 0.4) is 0 Å². The molecule has 0 spiro atoms. The third-order valence-corrected chi connectivity index (χ3v) is 6.94. The molecular formula is C29H23F9O. The molecule has 39 heavy (non-hydrogen) atoms. The number of halogens is 9. The van der Waals surface area contributed by atoms with Crippen LogP contribution in [-0.2, 0) is 12.5 Å². The summed E-state index contributed by atoms with van der Waals surface area (Å²) >= 11 is 0. The minimum atomic E-state index is -4.99. The molecule has 3 aromatic carbocycles. The van der Waals surface area contributed by atoms with Crippen LogP contribution in [0.15, 0.2) is 36.4 Å². The Kier molecular flexibility index (Phi) is 8.10. The second-order valence-electron chi connectivity index (χ2n) is 9.90. The number of aryl methyl sites for hydroxylation is 1. The molecule has 0 aromatic heterocycles. The molecule has 1 aliphatic carbocycles. The molecule has 4 rings (SSSR count). The molecule has 10 heteroatoms. The summed E-state index contributed by atoms with van der Waals surface area (Å²) in [4.78, 5) is 0. The molecule has 1 nitrogen and oxygen atoms in total. The maximum Gasteiger partial charge on any atom is 0.458 e. The van der Waals surface area contributed by atoms with Crippen LogP contribution in [0.4, 0.5) is 39.5 Å². The van der Waals surface area contributed by atoms with Crippen molar-refractivity contribution < 1.29 is 44.3 Å². The van der Waals surface area contributed by atoms with Crippen LogP contribution in [-0.4, -0.2) is 6.18 Å². The molecule has 0 heterocycles. The van der Waals surface area contributed by atoms with E-state index >= 15 is 0 Å². The van der Waals surface area contributed by atoms with Gasteiger partial charge in [0.15, 0.2) is 0 Å². The van der Waals surface area contributed by atoms with E-state index in [0.29, 0.717) is 30.7 Å². The number of ether oxygens (including phenoxy) is 1. The van der Waals surface area contributed by atoms with Crippen LogP contribution in [0.5, 0.6) is 5.75 Å². The first-order valence-corrected chi connectivity index (χ1v) is 12.3. The molecular weight excluding hydrogens is 535 g/mol. The third kappa shape index (κ3) is 6.81. The molecule has 3 aromatic rings. The van der Waals surface area contributed by atoms with E-state index in [1.54, 1.807) is 0 Å². The van der Waals surface area contributed by atoms with Gasteiger partial charge < -0.3 is 4.74 Å². The molecule has 0 saturated heterocycles. The van der Waals surface area contributed by atoms with Crippen LogP contribution in [0.1, 0.15) is 55.7 Å². The fourth-order valence-electron chi connectivity index (χ4n) is 4.86. The number of fused-ring (bicyclic) bond motifs is 1. The van der Waals surface area contributed by atoms with E-state index in [0.717, 1.165) is 61.9 Å². The number of alkyl halides is 5. The lowest BCUT2D eigenvalue weighted by molar-refractivity contribution is -0.189. The summed E-state index contributed by atoms with van der Waals surface area (Å²) in [5.74, 6) is -3.39. The Hall–Kier alpha value is -3.35. The average molecular weight is 558 g/mol. The fourth-order valence-corrected chi connectivity index (χ4v) is 4.86. The van der Waals surface area contributed by atoms with E-state index in [1.165, 1.54) is 5.92 Å². The SMILES string of the molecule is CC1CCC(CCc2cc(F)c(C(F)(F)Oc3ccc4c(F)c(C#CC(F)(F)F)c(F)cc4c3)c(F)c2)CC1. The molecule has 1 aliphatic rings. The van der Waals surface area contributed by atoms with Crippen LogP contribution < -0.4 is 4.74 Å². The quantitative estimate of drug-likeness (QED) is 0.217. The summed E-state index contributed by atoms with van der Waals surface area (Å²) in [6.45, 7) is 2.17. The minimum absolute atomic E-state index is 0.240. The van der Waals surface area contributed by atoms with Crippen LogP contribution in [0, 0.1) is 46.9 Å². The maximum absolute atomic E-state index is 14.9. The normalized spacial score (nSPS) is 18.1. The van der Waals surface area contributed by atoms with Gasteiger partial charge in [-0.3, -0.25) is 0 Å². The van der Waals surface area contributed by atoms with Gasteiger partial charge in [0.05, 0.1) is 5.56 Å².